The van der Waals surface area contributed by atoms with E-state index in [1.54, 1.807) is 27.7 Å². The van der Waals surface area contributed by atoms with Gasteiger partial charge in [-0.3, -0.25) is 9.58 Å². The molecule has 1 N–H and O–H groups in total. The maximum atomic E-state index is 12.4. The Morgan fingerprint density at radius 2 is 2.04 bits per heavy atom. The van der Waals surface area contributed by atoms with E-state index >= 15 is 0 Å². The van der Waals surface area contributed by atoms with Gasteiger partial charge in [-0.2, -0.15) is 5.10 Å². The third kappa shape index (κ3) is 2.92. The number of hydrogen-bond acceptors (Lipinski definition) is 4. The summed E-state index contributed by atoms with van der Waals surface area (Å²) in [5, 5.41) is 14.7. The largest absolute Gasteiger partial charge is 0.386 e. The number of aromatic nitrogens is 3. The zero-order chi connectivity index (χ0) is 16.6. The van der Waals surface area contributed by atoms with Crippen molar-refractivity contribution in [1.29, 1.82) is 0 Å². The number of aryl methyl sites for hydroxylation is 1. The molecule has 1 aliphatic rings. The van der Waals surface area contributed by atoms with E-state index in [2.05, 4.69) is 10.1 Å². The Balaban J connectivity index is 1.66. The summed E-state index contributed by atoms with van der Waals surface area (Å²) in [4.78, 5) is 19.7. The van der Waals surface area contributed by atoms with Gasteiger partial charge >= 0.3 is 6.03 Å². The summed E-state index contributed by atoms with van der Waals surface area (Å²) in [6, 6.07) is 7.40. The van der Waals surface area contributed by atoms with Crippen molar-refractivity contribution < 1.29 is 9.90 Å². The molecule has 7 heteroatoms. The summed E-state index contributed by atoms with van der Waals surface area (Å²) < 4.78 is 1.57. The third-order valence-electron chi connectivity index (χ3n) is 4.43. The average molecular weight is 315 g/mol. The minimum atomic E-state index is -1.09. The summed E-state index contributed by atoms with van der Waals surface area (Å²) in [6.45, 7) is 6.32. The topological polar surface area (TPSA) is 74.5 Å². The van der Waals surface area contributed by atoms with Gasteiger partial charge in [0.15, 0.2) is 0 Å². The van der Waals surface area contributed by atoms with E-state index in [1.165, 1.54) is 6.33 Å². The van der Waals surface area contributed by atoms with Crippen LogP contribution in [-0.4, -0.2) is 49.1 Å². The zero-order valence-electron chi connectivity index (χ0n) is 13.5. The van der Waals surface area contributed by atoms with Crippen LogP contribution in [0.1, 0.15) is 19.4 Å². The van der Waals surface area contributed by atoms with E-state index in [1.807, 2.05) is 38.1 Å². The number of amides is 2. The number of urea groups is 1. The molecule has 7 nitrogen and oxygen atoms in total. The van der Waals surface area contributed by atoms with Gasteiger partial charge in [-0.15, -0.1) is 0 Å². The Hall–Kier alpha value is -2.41. The monoisotopic (exact) mass is 315 g/mol. The molecule has 1 saturated heterocycles. The lowest BCUT2D eigenvalue weighted by atomic mass is 9.96. The first-order valence-electron chi connectivity index (χ1n) is 7.58. The molecule has 0 saturated carbocycles. The maximum absolute atomic E-state index is 12.4. The molecule has 3 rings (SSSR count). The molecule has 1 aromatic carbocycles. The van der Waals surface area contributed by atoms with Crippen LogP contribution >= 0.6 is 0 Å². The molecule has 2 atom stereocenters. The van der Waals surface area contributed by atoms with Gasteiger partial charge < -0.3 is 10.0 Å². The van der Waals surface area contributed by atoms with Gasteiger partial charge in [-0.05, 0) is 32.9 Å². The quantitative estimate of drug-likeness (QED) is 0.910. The van der Waals surface area contributed by atoms with E-state index in [-0.39, 0.29) is 18.6 Å². The van der Waals surface area contributed by atoms with E-state index in [4.69, 9.17) is 0 Å². The van der Waals surface area contributed by atoms with Crippen LogP contribution in [0.5, 0.6) is 0 Å². The molecule has 1 aliphatic heterocycles. The van der Waals surface area contributed by atoms with Crippen molar-refractivity contribution in [2.24, 2.45) is 0 Å². The second kappa shape index (κ2) is 5.66. The standard InChI is InChI=1S/C16H21N5O2/c1-12-4-6-14(7-5-12)21-11-20(15(21)22)13(2)16(3,23)8-19-10-17-9-18-19/h4-7,9-10,13,23H,8,11H2,1-3H3. The van der Waals surface area contributed by atoms with Crippen molar-refractivity contribution in [2.75, 3.05) is 11.6 Å². The lowest BCUT2D eigenvalue weighted by Crippen LogP contribution is -2.67. The molecule has 23 heavy (non-hydrogen) atoms. The second-order valence-corrected chi connectivity index (χ2v) is 6.28. The fourth-order valence-corrected chi connectivity index (χ4v) is 2.67. The van der Waals surface area contributed by atoms with Crippen LogP contribution in [0.3, 0.4) is 0 Å². The second-order valence-electron chi connectivity index (χ2n) is 6.28. The Bertz CT molecular complexity index is 681. The number of hydrogen-bond donors (Lipinski definition) is 1. The predicted octanol–water partition coefficient (Wildman–Crippen LogP) is 1.63. The molecular weight excluding hydrogens is 294 g/mol. The van der Waals surface area contributed by atoms with Crippen molar-refractivity contribution in [1.82, 2.24) is 19.7 Å². The van der Waals surface area contributed by atoms with Crippen molar-refractivity contribution in [2.45, 2.75) is 39.0 Å². The predicted molar refractivity (Wildman–Crippen MR) is 85.9 cm³/mol. The van der Waals surface area contributed by atoms with E-state index < -0.39 is 5.60 Å². The Labute approximate surface area is 135 Å². The lowest BCUT2D eigenvalue weighted by Gasteiger charge is -2.49. The summed E-state index contributed by atoms with van der Waals surface area (Å²) in [5.74, 6) is 0. The highest BCUT2D eigenvalue weighted by Gasteiger charge is 2.44. The number of nitrogens with zero attached hydrogens (tertiary/aromatic N) is 5. The zero-order valence-corrected chi connectivity index (χ0v) is 13.5. The normalized spacial score (nSPS) is 18.5. The number of carbonyl (C=O) groups excluding carboxylic acids is 1. The van der Waals surface area contributed by atoms with Crippen LogP contribution in [0.15, 0.2) is 36.9 Å². The molecule has 1 aromatic heterocycles. The van der Waals surface area contributed by atoms with Crippen molar-refractivity contribution in [3.8, 4) is 0 Å². The molecule has 0 aliphatic carbocycles. The van der Waals surface area contributed by atoms with Crippen LogP contribution < -0.4 is 4.90 Å². The highest BCUT2D eigenvalue weighted by atomic mass is 16.3. The fraction of sp³-hybridized carbons (Fsp3) is 0.438. The third-order valence-corrected chi connectivity index (χ3v) is 4.43. The molecule has 0 radical (unpaired) electrons. The van der Waals surface area contributed by atoms with E-state index in [0.717, 1.165) is 11.3 Å². The summed E-state index contributed by atoms with van der Waals surface area (Å²) in [5.41, 5.74) is 0.936. The maximum Gasteiger partial charge on any atom is 0.327 e. The van der Waals surface area contributed by atoms with Gasteiger partial charge in [0.25, 0.3) is 0 Å². The van der Waals surface area contributed by atoms with Gasteiger partial charge in [0.05, 0.1) is 12.6 Å². The lowest BCUT2D eigenvalue weighted by molar-refractivity contribution is -0.0357. The number of anilines is 1. The van der Waals surface area contributed by atoms with Crippen molar-refractivity contribution in [3.05, 3.63) is 42.5 Å². The molecule has 0 spiro atoms. The highest BCUT2D eigenvalue weighted by Crippen LogP contribution is 2.29. The smallest absolute Gasteiger partial charge is 0.327 e. The van der Waals surface area contributed by atoms with Gasteiger partial charge in [0.2, 0.25) is 0 Å². The van der Waals surface area contributed by atoms with Gasteiger partial charge in [-0.1, -0.05) is 17.7 Å². The summed E-state index contributed by atoms with van der Waals surface area (Å²) in [6.07, 6.45) is 2.98. The van der Waals surface area contributed by atoms with Crippen molar-refractivity contribution in [3.63, 3.8) is 0 Å². The van der Waals surface area contributed by atoms with E-state index in [9.17, 15) is 9.90 Å². The molecule has 1 fully saturated rings. The Kier molecular flexibility index (Phi) is 3.81. The van der Waals surface area contributed by atoms with Crippen molar-refractivity contribution >= 4 is 11.7 Å². The first-order valence-corrected chi connectivity index (χ1v) is 7.58. The molecular formula is C16H21N5O2. The summed E-state index contributed by atoms with van der Waals surface area (Å²) >= 11 is 0. The van der Waals surface area contributed by atoms with Gasteiger partial charge in [-0.25, -0.2) is 9.78 Å². The molecule has 2 unspecified atom stereocenters. The van der Waals surface area contributed by atoms with Gasteiger partial charge in [0, 0.05) is 5.69 Å². The minimum Gasteiger partial charge on any atom is -0.386 e. The van der Waals surface area contributed by atoms with Crippen LogP contribution in [0, 0.1) is 6.92 Å². The minimum absolute atomic E-state index is 0.0970. The molecule has 2 heterocycles. The Morgan fingerprint density at radius 3 is 2.61 bits per heavy atom. The molecule has 2 aromatic rings. The molecule has 2 amide bonds. The fourth-order valence-electron chi connectivity index (χ4n) is 2.67. The highest BCUT2D eigenvalue weighted by molar-refractivity contribution is 5.97. The number of aliphatic hydroxyl groups is 1. The number of rotatable bonds is 5. The average Bonchev–Trinajstić information content (AvgIpc) is 3.00. The van der Waals surface area contributed by atoms with E-state index in [0.29, 0.717) is 6.67 Å². The van der Waals surface area contributed by atoms with Gasteiger partial charge in [0.1, 0.15) is 24.9 Å². The first kappa shape index (κ1) is 15.5. The van der Waals surface area contributed by atoms with Crippen LogP contribution in [0.25, 0.3) is 0 Å². The van der Waals surface area contributed by atoms with Crippen LogP contribution in [0.4, 0.5) is 10.5 Å². The summed E-state index contributed by atoms with van der Waals surface area (Å²) in [7, 11) is 0. The Morgan fingerprint density at radius 1 is 1.35 bits per heavy atom. The number of carbonyl (C=O) groups is 1. The SMILES string of the molecule is Cc1ccc(N2CN(C(C)C(C)(O)Cn3cncn3)C2=O)cc1. The number of benzene rings is 1. The molecule has 122 valence electrons. The molecule has 0 bridgehead atoms. The van der Waals surface area contributed by atoms with Crippen LogP contribution in [-0.2, 0) is 6.54 Å². The first-order chi connectivity index (χ1) is 10.9. The van der Waals surface area contributed by atoms with Crippen LogP contribution in [0.2, 0.25) is 0 Å².